The van der Waals surface area contributed by atoms with E-state index < -0.39 is 0 Å². The van der Waals surface area contributed by atoms with Crippen molar-refractivity contribution in [3.63, 3.8) is 0 Å². The minimum atomic E-state index is -0.131. The van der Waals surface area contributed by atoms with Crippen molar-refractivity contribution >= 4 is 21.5 Å². The van der Waals surface area contributed by atoms with Gasteiger partial charge < -0.3 is 4.74 Å². The summed E-state index contributed by atoms with van der Waals surface area (Å²) in [5.41, 5.74) is 13.0. The topological polar surface area (TPSA) is 58.0 Å². The summed E-state index contributed by atoms with van der Waals surface area (Å²) in [5, 5.41) is 9.16. The normalized spacial score (nSPS) is 18.5. The van der Waals surface area contributed by atoms with Crippen molar-refractivity contribution in [2.75, 3.05) is 6.61 Å². The van der Waals surface area contributed by atoms with E-state index in [0.29, 0.717) is 5.92 Å². The predicted molar refractivity (Wildman–Crippen MR) is 135 cm³/mol. The van der Waals surface area contributed by atoms with E-state index in [-0.39, 0.29) is 6.04 Å². The molecule has 0 radical (unpaired) electrons. The van der Waals surface area contributed by atoms with Crippen molar-refractivity contribution in [3.8, 4) is 0 Å². The molecule has 162 valence electrons. The highest BCUT2D eigenvalue weighted by atomic mass is 16.5. The number of rotatable bonds is 2. The lowest BCUT2D eigenvalue weighted by Gasteiger charge is -2.31. The van der Waals surface area contributed by atoms with Gasteiger partial charge in [-0.25, -0.2) is 0 Å². The molecule has 2 aliphatic rings. The van der Waals surface area contributed by atoms with Crippen LogP contribution in [-0.2, 0) is 11.2 Å². The molecule has 4 aromatic rings. The quantitative estimate of drug-likeness (QED) is 0.137. The van der Waals surface area contributed by atoms with Crippen LogP contribution in [0.3, 0.4) is 0 Å². The van der Waals surface area contributed by atoms with Crippen LogP contribution < -0.4 is 0 Å². The molecule has 2 unspecified atom stereocenters. The zero-order valence-corrected chi connectivity index (χ0v) is 18.3. The van der Waals surface area contributed by atoms with Crippen molar-refractivity contribution in [1.82, 2.24) is 0 Å². The highest BCUT2D eigenvalue weighted by molar-refractivity contribution is 6.08. The van der Waals surface area contributed by atoms with Crippen LogP contribution in [0.4, 0.5) is 0 Å². The molecule has 1 aliphatic heterocycles. The van der Waals surface area contributed by atoms with Crippen LogP contribution in [0.5, 0.6) is 0 Å². The summed E-state index contributed by atoms with van der Waals surface area (Å²) in [6.45, 7) is 0.733. The third-order valence-corrected chi connectivity index (χ3v) is 6.44. The largest absolute Gasteiger partial charge is 0.497 e. The van der Waals surface area contributed by atoms with Crippen molar-refractivity contribution in [3.05, 3.63) is 130 Å². The zero-order chi connectivity index (χ0) is 22.5. The first-order chi connectivity index (χ1) is 16.3. The van der Waals surface area contributed by atoms with Gasteiger partial charge in [-0.15, -0.1) is 0 Å². The molecule has 0 aromatic heterocycles. The maximum atomic E-state index is 9.20. The van der Waals surface area contributed by atoms with E-state index in [1.165, 1.54) is 38.2 Å². The fourth-order valence-corrected chi connectivity index (χ4v) is 4.96. The smallest absolute Gasteiger partial charge is 0.106 e. The molecule has 4 heteroatoms. The minimum absolute atomic E-state index is 0.131. The standard InChI is InChI=1S/C24H19N3.C5H6O/c25-27-26-23-15-19(16-6-2-1-3-7-16)14-18-11-12-21-20-9-5-4-8-17(20)10-13-22(21)24(18)23;1-2-4-6-5-3-1/h1-13,19,23H,14-15H2;1-4H,5H2. The second-order valence-corrected chi connectivity index (χ2v) is 8.38. The second-order valence-electron chi connectivity index (χ2n) is 8.38. The summed E-state index contributed by atoms with van der Waals surface area (Å²) < 4.78 is 4.80. The van der Waals surface area contributed by atoms with Crippen LogP contribution in [0.2, 0.25) is 0 Å². The number of nitrogens with zero attached hydrogens (tertiary/aromatic N) is 3. The minimum Gasteiger partial charge on any atom is -0.497 e. The zero-order valence-electron chi connectivity index (χ0n) is 18.3. The summed E-state index contributed by atoms with van der Waals surface area (Å²) in [5.74, 6) is 0.382. The number of fused-ring (bicyclic) bond motifs is 5. The average Bonchev–Trinajstić information content (AvgIpc) is 2.90. The molecule has 4 aromatic carbocycles. The van der Waals surface area contributed by atoms with Crippen LogP contribution in [0.25, 0.3) is 32.0 Å². The Labute approximate surface area is 193 Å². The van der Waals surface area contributed by atoms with Gasteiger partial charge in [-0.1, -0.05) is 90.1 Å². The number of azide groups is 1. The first-order valence-corrected chi connectivity index (χ1v) is 11.3. The first-order valence-electron chi connectivity index (χ1n) is 11.3. The van der Waals surface area contributed by atoms with E-state index in [2.05, 4.69) is 82.8 Å². The van der Waals surface area contributed by atoms with Gasteiger partial charge in [0.25, 0.3) is 0 Å². The fraction of sp³-hybridized carbons (Fsp3) is 0.172. The number of allylic oxidation sites excluding steroid dienone is 2. The lowest BCUT2D eigenvalue weighted by atomic mass is 9.76. The molecule has 0 saturated carbocycles. The SMILES string of the molecule is C1=CCOC=C1.[N-]=[N+]=NC1CC(c2ccccc2)Cc2ccc3c(ccc4ccccc43)c21. The molecule has 1 heterocycles. The molecule has 0 amide bonds. The molecule has 0 bridgehead atoms. The first kappa shape index (κ1) is 20.9. The Hall–Kier alpha value is -4.01. The Morgan fingerprint density at radius 1 is 0.818 bits per heavy atom. The molecular formula is C29H25N3O. The van der Waals surface area contributed by atoms with Gasteiger partial charge in [0.15, 0.2) is 0 Å². The van der Waals surface area contributed by atoms with Gasteiger partial charge in [0.1, 0.15) is 6.61 Å². The summed E-state index contributed by atoms with van der Waals surface area (Å²) in [6.07, 6.45) is 9.31. The van der Waals surface area contributed by atoms with Gasteiger partial charge in [0.2, 0.25) is 0 Å². The highest BCUT2D eigenvalue weighted by Gasteiger charge is 2.29. The van der Waals surface area contributed by atoms with E-state index in [1.807, 2.05) is 24.3 Å². The number of benzene rings is 4. The number of ether oxygens (including phenoxy) is 1. The summed E-state index contributed by atoms with van der Waals surface area (Å²) in [6, 6.07) is 27.7. The molecule has 1 aliphatic carbocycles. The Kier molecular flexibility index (Phi) is 6.10. The molecule has 2 atom stereocenters. The van der Waals surface area contributed by atoms with Gasteiger partial charge in [-0.2, -0.15) is 0 Å². The third-order valence-electron chi connectivity index (χ3n) is 6.44. The monoisotopic (exact) mass is 431 g/mol. The van der Waals surface area contributed by atoms with E-state index in [4.69, 9.17) is 4.74 Å². The third kappa shape index (κ3) is 4.34. The van der Waals surface area contributed by atoms with Gasteiger partial charge >= 0.3 is 0 Å². The van der Waals surface area contributed by atoms with E-state index in [9.17, 15) is 5.53 Å². The molecule has 0 fully saturated rings. The van der Waals surface area contributed by atoms with E-state index in [0.717, 1.165) is 19.4 Å². The van der Waals surface area contributed by atoms with Gasteiger partial charge in [-0.05, 0) is 74.7 Å². The van der Waals surface area contributed by atoms with E-state index >= 15 is 0 Å². The summed E-state index contributed by atoms with van der Waals surface area (Å²) >= 11 is 0. The van der Waals surface area contributed by atoms with E-state index in [1.54, 1.807) is 6.26 Å². The summed E-state index contributed by atoms with van der Waals surface area (Å²) in [4.78, 5) is 3.18. The van der Waals surface area contributed by atoms with Crippen molar-refractivity contribution < 1.29 is 4.74 Å². The second kappa shape index (κ2) is 9.64. The Bertz CT molecular complexity index is 1370. The van der Waals surface area contributed by atoms with Crippen molar-refractivity contribution in [2.24, 2.45) is 5.11 Å². The van der Waals surface area contributed by atoms with Gasteiger partial charge in [0, 0.05) is 4.91 Å². The van der Waals surface area contributed by atoms with Crippen LogP contribution in [0.1, 0.15) is 35.1 Å². The molecule has 0 N–H and O–H groups in total. The van der Waals surface area contributed by atoms with Gasteiger partial charge in [0.05, 0.1) is 12.3 Å². The molecule has 0 spiro atoms. The Morgan fingerprint density at radius 3 is 2.36 bits per heavy atom. The number of hydrogen-bond donors (Lipinski definition) is 0. The van der Waals surface area contributed by atoms with Crippen molar-refractivity contribution in [2.45, 2.75) is 24.8 Å². The molecule has 33 heavy (non-hydrogen) atoms. The highest BCUT2D eigenvalue weighted by Crippen LogP contribution is 2.44. The van der Waals surface area contributed by atoms with Gasteiger partial charge in [-0.3, -0.25) is 0 Å². The lowest BCUT2D eigenvalue weighted by Crippen LogP contribution is -2.16. The molecule has 4 nitrogen and oxygen atoms in total. The fourth-order valence-electron chi connectivity index (χ4n) is 4.96. The maximum absolute atomic E-state index is 9.20. The van der Waals surface area contributed by atoms with Crippen molar-refractivity contribution in [1.29, 1.82) is 0 Å². The lowest BCUT2D eigenvalue weighted by molar-refractivity contribution is 0.286. The van der Waals surface area contributed by atoms with Crippen LogP contribution >= 0.6 is 0 Å². The summed E-state index contributed by atoms with van der Waals surface area (Å²) in [7, 11) is 0. The van der Waals surface area contributed by atoms with Crippen LogP contribution in [-0.4, -0.2) is 6.61 Å². The molecular weight excluding hydrogens is 406 g/mol. The molecule has 6 rings (SSSR count). The van der Waals surface area contributed by atoms with Crippen LogP contribution in [0.15, 0.2) is 108 Å². The Morgan fingerprint density at radius 2 is 1.64 bits per heavy atom. The predicted octanol–water partition coefficient (Wildman–Crippen LogP) is 8.16. The Balaban J connectivity index is 0.000000332. The number of hydrogen-bond acceptors (Lipinski definition) is 2. The average molecular weight is 432 g/mol. The molecule has 0 saturated heterocycles. The maximum Gasteiger partial charge on any atom is 0.106 e. The van der Waals surface area contributed by atoms with Crippen LogP contribution in [0, 0.1) is 0 Å².